The molecule has 0 amide bonds. The van der Waals surface area contributed by atoms with E-state index >= 15 is 0 Å². The molecule has 4 aliphatic carbocycles. The zero-order valence-electron chi connectivity index (χ0n) is 18.1. The van der Waals surface area contributed by atoms with Crippen molar-refractivity contribution >= 4 is 29.1 Å². The molecule has 158 valence electrons. The predicted molar refractivity (Wildman–Crippen MR) is 116 cm³/mol. The van der Waals surface area contributed by atoms with Crippen molar-refractivity contribution in [1.29, 1.82) is 0 Å². The Balaban J connectivity index is 1.63. The van der Waals surface area contributed by atoms with E-state index in [9.17, 15) is 9.59 Å². The van der Waals surface area contributed by atoms with E-state index in [1.54, 1.807) is 6.92 Å². The van der Waals surface area contributed by atoms with Crippen LogP contribution >= 0.6 is 12.2 Å². The Morgan fingerprint density at radius 2 is 1.97 bits per heavy atom. The molecule has 4 rings (SSSR count). The minimum Gasteiger partial charge on any atom is -0.462 e. The number of nitrogens with zero attached hydrogens (tertiary/aromatic N) is 1. The standard InChI is InChI=1S/C24H33NO3S/c1-14(26)22-21(25-13-29)12-20-18-6-5-16-11-17(28-15(2)27)7-9-23(16,3)19(18)8-10-24(20,22)4/h5,17-22H,6-12H2,1-4H3/t17-,18+,19+,20+,21+,22-,23+,24+/m1/s1. The first-order chi connectivity index (χ1) is 13.7. The number of allylic oxidation sites excluding steroid dienone is 1. The normalized spacial score (nSPS) is 45.7. The van der Waals surface area contributed by atoms with Gasteiger partial charge in [-0.3, -0.25) is 9.59 Å². The van der Waals surface area contributed by atoms with Crippen LogP contribution in [0.3, 0.4) is 0 Å². The van der Waals surface area contributed by atoms with E-state index < -0.39 is 0 Å². The minimum atomic E-state index is -0.173. The van der Waals surface area contributed by atoms with E-state index in [2.05, 4.69) is 30.1 Å². The summed E-state index contributed by atoms with van der Waals surface area (Å²) in [5, 5.41) is 2.57. The van der Waals surface area contributed by atoms with Crippen LogP contribution in [0, 0.1) is 34.5 Å². The van der Waals surface area contributed by atoms with Crippen molar-refractivity contribution < 1.29 is 14.3 Å². The van der Waals surface area contributed by atoms with Gasteiger partial charge < -0.3 is 4.74 Å². The summed E-state index contributed by atoms with van der Waals surface area (Å²) < 4.78 is 5.54. The Morgan fingerprint density at radius 1 is 1.21 bits per heavy atom. The number of hydrogen-bond donors (Lipinski definition) is 0. The highest BCUT2D eigenvalue weighted by Gasteiger charge is 2.62. The van der Waals surface area contributed by atoms with Crippen LogP contribution in [0.5, 0.6) is 0 Å². The molecule has 3 fully saturated rings. The van der Waals surface area contributed by atoms with Gasteiger partial charge in [-0.25, -0.2) is 4.99 Å². The van der Waals surface area contributed by atoms with Crippen LogP contribution in [0.1, 0.15) is 72.6 Å². The van der Waals surface area contributed by atoms with Crippen molar-refractivity contribution in [2.45, 2.75) is 84.8 Å². The molecule has 3 saturated carbocycles. The van der Waals surface area contributed by atoms with E-state index in [1.165, 1.54) is 18.9 Å². The molecule has 0 bridgehead atoms. The topological polar surface area (TPSA) is 55.7 Å². The number of thiocarbonyl (C=S) groups is 1. The molecule has 0 spiro atoms. The van der Waals surface area contributed by atoms with Crippen LogP contribution in [-0.4, -0.2) is 29.1 Å². The fraction of sp³-hybridized carbons (Fsp3) is 0.792. The number of isothiocyanates is 1. The van der Waals surface area contributed by atoms with Gasteiger partial charge >= 0.3 is 5.97 Å². The molecule has 0 aromatic carbocycles. The summed E-state index contributed by atoms with van der Waals surface area (Å²) in [4.78, 5) is 28.5. The lowest BCUT2D eigenvalue weighted by Gasteiger charge is -2.57. The monoisotopic (exact) mass is 415 g/mol. The van der Waals surface area contributed by atoms with Crippen LogP contribution in [0.25, 0.3) is 0 Å². The molecule has 0 N–H and O–H groups in total. The predicted octanol–water partition coefficient (Wildman–Crippen LogP) is 5.17. The molecule has 29 heavy (non-hydrogen) atoms. The van der Waals surface area contributed by atoms with Gasteiger partial charge in [0.1, 0.15) is 11.9 Å². The van der Waals surface area contributed by atoms with Gasteiger partial charge in [-0.2, -0.15) is 0 Å². The highest BCUT2D eigenvalue weighted by Crippen LogP contribution is 2.66. The summed E-state index contributed by atoms with van der Waals surface area (Å²) in [6, 6.07) is -0.00312. The van der Waals surface area contributed by atoms with E-state index in [0.29, 0.717) is 17.8 Å². The fourth-order valence-corrected chi connectivity index (χ4v) is 8.04. The number of rotatable bonds is 3. The lowest BCUT2D eigenvalue weighted by molar-refractivity contribution is -0.149. The highest BCUT2D eigenvalue weighted by atomic mass is 32.1. The molecule has 8 atom stereocenters. The summed E-state index contributed by atoms with van der Waals surface area (Å²) >= 11 is 4.91. The van der Waals surface area contributed by atoms with Gasteiger partial charge in [-0.15, -0.1) is 0 Å². The number of ketones is 1. The molecule has 0 radical (unpaired) electrons. The van der Waals surface area contributed by atoms with Gasteiger partial charge in [-0.1, -0.05) is 25.5 Å². The first-order valence-electron chi connectivity index (χ1n) is 11.1. The zero-order valence-corrected chi connectivity index (χ0v) is 18.9. The van der Waals surface area contributed by atoms with Gasteiger partial charge in [0, 0.05) is 19.3 Å². The summed E-state index contributed by atoms with van der Waals surface area (Å²) in [6.45, 7) is 8.00. The molecule has 0 unspecified atom stereocenters. The van der Waals surface area contributed by atoms with Crippen LogP contribution in [0.4, 0.5) is 0 Å². The average molecular weight is 416 g/mol. The largest absolute Gasteiger partial charge is 0.462 e. The van der Waals surface area contributed by atoms with E-state index in [-0.39, 0.29) is 40.6 Å². The molecular formula is C24H33NO3S. The van der Waals surface area contributed by atoms with E-state index in [0.717, 1.165) is 38.5 Å². The molecule has 0 aromatic heterocycles. The molecular weight excluding hydrogens is 382 g/mol. The Kier molecular flexibility index (Phi) is 5.36. The Bertz CT molecular complexity index is 800. The number of carbonyl (C=O) groups excluding carboxylic acids is 2. The second-order valence-electron chi connectivity index (χ2n) is 10.4. The van der Waals surface area contributed by atoms with Crippen molar-refractivity contribution in [1.82, 2.24) is 0 Å². The molecule has 4 nitrogen and oxygen atoms in total. The number of fused-ring (bicyclic) bond motifs is 5. The number of carbonyl (C=O) groups is 2. The minimum absolute atomic E-state index is 0.00312. The lowest BCUT2D eigenvalue weighted by atomic mass is 9.47. The Labute approximate surface area is 179 Å². The third-order valence-electron chi connectivity index (χ3n) is 9.08. The molecule has 5 heteroatoms. The van der Waals surface area contributed by atoms with Crippen molar-refractivity contribution in [3.63, 3.8) is 0 Å². The smallest absolute Gasteiger partial charge is 0.302 e. The fourth-order valence-electron chi connectivity index (χ4n) is 7.91. The average Bonchev–Trinajstić information content (AvgIpc) is 2.94. The number of hydrogen-bond acceptors (Lipinski definition) is 5. The first kappa shape index (κ1) is 20.9. The van der Waals surface area contributed by atoms with Crippen molar-refractivity contribution in [3.8, 4) is 0 Å². The van der Waals surface area contributed by atoms with Gasteiger partial charge in [0.05, 0.1) is 11.2 Å². The third-order valence-corrected chi connectivity index (χ3v) is 9.18. The van der Waals surface area contributed by atoms with Gasteiger partial charge in [-0.05, 0) is 86.3 Å². The summed E-state index contributed by atoms with van der Waals surface area (Å²) in [5.41, 5.74) is 1.71. The SMILES string of the molecule is CC(=O)O[C@@H]1CC[C@@]2(C)C(=CC[C@@H]3[C@@H]4C[C@H](N=C=S)[C@@H](C(C)=O)[C@@]4(C)CC[C@@H]32)C1. The first-order valence-corrected chi connectivity index (χ1v) is 11.6. The molecule has 0 saturated heterocycles. The maximum Gasteiger partial charge on any atom is 0.302 e. The summed E-state index contributed by atoms with van der Waals surface area (Å²) in [7, 11) is 0. The molecule has 0 aliphatic heterocycles. The zero-order chi connectivity index (χ0) is 21.0. The maximum absolute atomic E-state index is 12.6. The third kappa shape index (κ3) is 3.25. The Morgan fingerprint density at radius 3 is 2.62 bits per heavy atom. The Hall–Kier alpha value is -1.32. The number of esters is 1. The summed E-state index contributed by atoms with van der Waals surface area (Å²) in [6.07, 6.45) is 9.68. The van der Waals surface area contributed by atoms with Gasteiger partial charge in [0.15, 0.2) is 0 Å². The van der Waals surface area contributed by atoms with Crippen molar-refractivity contribution in [2.75, 3.05) is 0 Å². The van der Waals surface area contributed by atoms with Crippen LogP contribution in [-0.2, 0) is 14.3 Å². The van der Waals surface area contributed by atoms with Gasteiger partial charge in [0.2, 0.25) is 0 Å². The van der Waals surface area contributed by atoms with E-state index in [4.69, 9.17) is 17.0 Å². The number of ether oxygens (including phenoxy) is 1. The van der Waals surface area contributed by atoms with Gasteiger partial charge in [0.25, 0.3) is 0 Å². The van der Waals surface area contributed by atoms with Crippen LogP contribution < -0.4 is 0 Å². The summed E-state index contributed by atoms with van der Waals surface area (Å²) in [5.74, 6) is 1.80. The van der Waals surface area contributed by atoms with Crippen LogP contribution in [0.2, 0.25) is 0 Å². The maximum atomic E-state index is 12.6. The van der Waals surface area contributed by atoms with Crippen LogP contribution in [0.15, 0.2) is 16.6 Å². The quantitative estimate of drug-likeness (QED) is 0.276. The van der Waals surface area contributed by atoms with E-state index in [1.807, 2.05) is 0 Å². The van der Waals surface area contributed by atoms with Crippen molar-refractivity contribution in [3.05, 3.63) is 11.6 Å². The highest BCUT2D eigenvalue weighted by molar-refractivity contribution is 7.78. The number of aliphatic imine (C=N–C) groups is 1. The number of Topliss-reactive ketones (excluding diaryl/α,β-unsaturated/α-hetero) is 1. The lowest BCUT2D eigenvalue weighted by Crippen LogP contribution is -2.51. The molecule has 4 aliphatic rings. The molecule has 0 aromatic rings. The molecule has 0 heterocycles. The van der Waals surface area contributed by atoms with Crippen molar-refractivity contribution in [2.24, 2.45) is 39.5 Å². The second kappa shape index (κ2) is 7.42. The second-order valence-corrected chi connectivity index (χ2v) is 10.6.